The minimum atomic E-state index is -0.578. The maximum absolute atomic E-state index is 12.2. The van der Waals surface area contributed by atoms with E-state index in [1.807, 2.05) is 34.6 Å². The van der Waals surface area contributed by atoms with Gasteiger partial charge in [0.25, 0.3) is 0 Å². The van der Waals surface area contributed by atoms with E-state index < -0.39 is 5.60 Å². The summed E-state index contributed by atoms with van der Waals surface area (Å²) in [5, 5.41) is 9.97. The largest absolute Gasteiger partial charge is 0.462 e. The normalized spacial score (nSPS) is 33.5. The van der Waals surface area contributed by atoms with Crippen LogP contribution >= 0.6 is 0 Å². The fourth-order valence-corrected chi connectivity index (χ4v) is 3.82. The summed E-state index contributed by atoms with van der Waals surface area (Å²) >= 11 is 0. The molecule has 0 aromatic heterocycles. The van der Waals surface area contributed by atoms with Gasteiger partial charge in [0.05, 0.1) is 11.0 Å². The number of aliphatic hydroxyl groups is 1. The molecule has 3 heteroatoms. The standard InChI is InChI=1S/C17H30O3/c1-6-16(2,3)15(18)20-14-9-11-7-12(14)8-13(11)10-17(4,5)19/h11-14,19H,6-10H2,1-5H3. The van der Waals surface area contributed by atoms with Crippen LogP contribution < -0.4 is 0 Å². The number of carbonyl (C=O) groups excluding carboxylic acids is 1. The lowest BCUT2D eigenvalue weighted by Gasteiger charge is -2.33. The van der Waals surface area contributed by atoms with Gasteiger partial charge in [-0.15, -0.1) is 0 Å². The molecule has 116 valence electrons. The zero-order chi connectivity index (χ0) is 15.1. The quantitative estimate of drug-likeness (QED) is 0.785. The average Bonchev–Trinajstić information content (AvgIpc) is 2.86. The van der Waals surface area contributed by atoms with Gasteiger partial charge in [0.2, 0.25) is 0 Å². The first-order valence-corrected chi connectivity index (χ1v) is 8.06. The number of hydrogen-bond acceptors (Lipinski definition) is 3. The number of hydrogen-bond donors (Lipinski definition) is 1. The lowest BCUT2D eigenvalue weighted by Crippen LogP contribution is -2.35. The molecule has 0 spiro atoms. The van der Waals surface area contributed by atoms with E-state index in [0.717, 1.165) is 25.7 Å². The highest BCUT2D eigenvalue weighted by Gasteiger charge is 2.49. The van der Waals surface area contributed by atoms with Crippen LogP contribution in [0.5, 0.6) is 0 Å². The van der Waals surface area contributed by atoms with Crippen LogP contribution in [0.25, 0.3) is 0 Å². The van der Waals surface area contributed by atoms with Crippen molar-refractivity contribution < 1.29 is 14.6 Å². The summed E-state index contributed by atoms with van der Waals surface area (Å²) in [6.45, 7) is 9.72. The minimum Gasteiger partial charge on any atom is -0.462 e. The molecular weight excluding hydrogens is 252 g/mol. The van der Waals surface area contributed by atoms with Crippen LogP contribution in [0.1, 0.15) is 66.7 Å². The van der Waals surface area contributed by atoms with E-state index in [2.05, 4.69) is 0 Å². The summed E-state index contributed by atoms with van der Waals surface area (Å²) in [5.74, 6) is 1.71. The molecule has 2 rings (SSSR count). The van der Waals surface area contributed by atoms with E-state index in [1.165, 1.54) is 6.42 Å². The maximum Gasteiger partial charge on any atom is 0.311 e. The van der Waals surface area contributed by atoms with Gasteiger partial charge < -0.3 is 9.84 Å². The Balaban J connectivity index is 1.88. The summed E-state index contributed by atoms with van der Waals surface area (Å²) in [5.41, 5.74) is -0.945. The van der Waals surface area contributed by atoms with E-state index >= 15 is 0 Å². The van der Waals surface area contributed by atoms with Crippen molar-refractivity contribution >= 4 is 5.97 Å². The highest BCUT2D eigenvalue weighted by atomic mass is 16.5. The number of rotatable bonds is 5. The molecule has 4 atom stereocenters. The van der Waals surface area contributed by atoms with Crippen LogP contribution in [0.4, 0.5) is 0 Å². The average molecular weight is 282 g/mol. The predicted octanol–water partition coefficient (Wildman–Crippen LogP) is 3.54. The minimum absolute atomic E-state index is 0.0448. The second-order valence-corrected chi connectivity index (χ2v) is 8.19. The fraction of sp³-hybridized carbons (Fsp3) is 0.941. The molecule has 0 amide bonds. The summed E-state index contributed by atoms with van der Waals surface area (Å²) in [7, 11) is 0. The third kappa shape index (κ3) is 3.36. The van der Waals surface area contributed by atoms with Crippen molar-refractivity contribution in [3.8, 4) is 0 Å². The van der Waals surface area contributed by atoms with E-state index in [9.17, 15) is 9.90 Å². The molecular formula is C17H30O3. The second-order valence-electron chi connectivity index (χ2n) is 8.19. The van der Waals surface area contributed by atoms with Crippen molar-refractivity contribution in [2.45, 2.75) is 78.4 Å². The molecule has 2 saturated carbocycles. The van der Waals surface area contributed by atoms with Crippen molar-refractivity contribution in [3.63, 3.8) is 0 Å². The Kier molecular flexibility index (Phi) is 4.21. The van der Waals surface area contributed by atoms with Crippen molar-refractivity contribution in [1.29, 1.82) is 0 Å². The Hall–Kier alpha value is -0.570. The first-order chi connectivity index (χ1) is 9.12. The van der Waals surface area contributed by atoms with E-state index in [4.69, 9.17) is 4.74 Å². The molecule has 0 saturated heterocycles. The van der Waals surface area contributed by atoms with Gasteiger partial charge in [0, 0.05) is 0 Å². The number of fused-ring (bicyclic) bond motifs is 2. The molecule has 20 heavy (non-hydrogen) atoms. The fourth-order valence-electron chi connectivity index (χ4n) is 3.82. The predicted molar refractivity (Wildman–Crippen MR) is 79.2 cm³/mol. The zero-order valence-electron chi connectivity index (χ0n) is 13.6. The van der Waals surface area contributed by atoms with Gasteiger partial charge in [-0.3, -0.25) is 4.79 Å². The molecule has 0 aliphatic heterocycles. The van der Waals surface area contributed by atoms with Crippen LogP contribution in [0, 0.1) is 23.2 Å². The lowest BCUT2D eigenvalue weighted by atomic mass is 9.80. The Labute approximate surface area is 123 Å². The summed E-state index contributed by atoms with van der Waals surface area (Å²) in [6.07, 6.45) is 5.08. The summed E-state index contributed by atoms with van der Waals surface area (Å²) in [6, 6.07) is 0. The van der Waals surface area contributed by atoms with E-state index in [0.29, 0.717) is 17.8 Å². The third-order valence-electron chi connectivity index (χ3n) is 5.40. The van der Waals surface area contributed by atoms with Crippen LogP contribution in [0.3, 0.4) is 0 Å². The van der Waals surface area contributed by atoms with Crippen LogP contribution in [0.15, 0.2) is 0 Å². The number of carbonyl (C=O) groups is 1. The van der Waals surface area contributed by atoms with Gasteiger partial charge in [-0.05, 0) is 77.6 Å². The molecule has 0 aromatic rings. The first kappa shape index (κ1) is 15.8. The third-order valence-corrected chi connectivity index (χ3v) is 5.40. The molecule has 4 unspecified atom stereocenters. The van der Waals surface area contributed by atoms with E-state index in [-0.39, 0.29) is 17.5 Å². The van der Waals surface area contributed by atoms with Gasteiger partial charge >= 0.3 is 5.97 Å². The highest BCUT2D eigenvalue weighted by molar-refractivity contribution is 5.76. The van der Waals surface area contributed by atoms with Gasteiger partial charge in [-0.25, -0.2) is 0 Å². The SMILES string of the molecule is CCC(C)(C)C(=O)OC1CC2CC1CC2CC(C)(C)O. The second kappa shape index (κ2) is 5.32. The number of esters is 1. The van der Waals surface area contributed by atoms with E-state index in [1.54, 1.807) is 0 Å². The van der Waals surface area contributed by atoms with Crippen LogP contribution in [0.2, 0.25) is 0 Å². The highest BCUT2D eigenvalue weighted by Crippen LogP contribution is 2.52. The molecule has 0 aromatic carbocycles. The van der Waals surface area contributed by atoms with Gasteiger partial charge in [-0.2, -0.15) is 0 Å². The first-order valence-electron chi connectivity index (χ1n) is 8.06. The zero-order valence-corrected chi connectivity index (χ0v) is 13.6. The smallest absolute Gasteiger partial charge is 0.311 e. The van der Waals surface area contributed by atoms with Crippen molar-refractivity contribution in [2.24, 2.45) is 23.2 Å². The Morgan fingerprint density at radius 2 is 1.80 bits per heavy atom. The lowest BCUT2D eigenvalue weighted by molar-refractivity contribution is -0.163. The van der Waals surface area contributed by atoms with Crippen LogP contribution in [-0.4, -0.2) is 22.8 Å². The van der Waals surface area contributed by atoms with Crippen molar-refractivity contribution in [1.82, 2.24) is 0 Å². The Morgan fingerprint density at radius 3 is 2.25 bits per heavy atom. The molecule has 3 nitrogen and oxygen atoms in total. The Bertz CT molecular complexity index is 367. The topological polar surface area (TPSA) is 46.5 Å². The van der Waals surface area contributed by atoms with Crippen molar-refractivity contribution in [3.05, 3.63) is 0 Å². The molecule has 2 fully saturated rings. The molecule has 0 heterocycles. The molecule has 2 aliphatic carbocycles. The van der Waals surface area contributed by atoms with Gasteiger partial charge in [-0.1, -0.05) is 6.92 Å². The summed E-state index contributed by atoms with van der Waals surface area (Å²) in [4.78, 5) is 12.2. The molecule has 2 bridgehead atoms. The number of ether oxygens (including phenoxy) is 1. The monoisotopic (exact) mass is 282 g/mol. The maximum atomic E-state index is 12.2. The Morgan fingerprint density at radius 1 is 1.15 bits per heavy atom. The molecule has 0 radical (unpaired) electrons. The molecule has 1 N–H and O–H groups in total. The van der Waals surface area contributed by atoms with Crippen LogP contribution in [-0.2, 0) is 9.53 Å². The van der Waals surface area contributed by atoms with Crippen molar-refractivity contribution in [2.75, 3.05) is 0 Å². The molecule has 2 aliphatic rings. The van der Waals surface area contributed by atoms with Gasteiger partial charge in [0.1, 0.15) is 6.10 Å². The summed E-state index contributed by atoms with van der Waals surface area (Å²) < 4.78 is 5.78. The van der Waals surface area contributed by atoms with Gasteiger partial charge in [0.15, 0.2) is 0 Å².